The van der Waals surface area contributed by atoms with Crippen molar-refractivity contribution in [2.45, 2.75) is 25.3 Å². The monoisotopic (exact) mass is 243 g/mol. The zero-order valence-electron chi connectivity index (χ0n) is 10.3. The Hall–Kier alpha value is -1.75. The maximum Gasteiger partial charge on any atom is 0.120 e. The lowest BCUT2D eigenvalue weighted by Crippen LogP contribution is -2.34. The lowest BCUT2D eigenvalue weighted by Gasteiger charge is -2.31. The predicted molar refractivity (Wildman–Crippen MR) is 67.9 cm³/mol. The van der Waals surface area contributed by atoms with Gasteiger partial charge in [-0.3, -0.25) is 4.90 Å². The quantitative estimate of drug-likeness (QED) is 0.889. The van der Waals surface area contributed by atoms with Gasteiger partial charge in [-0.1, -0.05) is 0 Å². The topological polar surface area (TPSA) is 57.7 Å². The van der Waals surface area contributed by atoms with Crippen molar-refractivity contribution in [3.05, 3.63) is 42.5 Å². The molecule has 0 saturated carbocycles. The second kappa shape index (κ2) is 5.27. The first-order chi connectivity index (χ1) is 8.92. The van der Waals surface area contributed by atoms with Crippen molar-refractivity contribution in [2.24, 2.45) is 0 Å². The molecule has 0 bridgehead atoms. The van der Waals surface area contributed by atoms with E-state index in [0.29, 0.717) is 5.92 Å². The van der Waals surface area contributed by atoms with Gasteiger partial charge in [-0.25, -0.2) is 15.0 Å². The maximum absolute atomic E-state index is 4.37. The van der Waals surface area contributed by atoms with Gasteiger partial charge in [0.05, 0.1) is 6.54 Å². The number of piperidine rings is 1. The Morgan fingerprint density at radius 3 is 3.11 bits per heavy atom. The number of likely N-dealkylation sites (tertiary alicyclic amines) is 1. The van der Waals surface area contributed by atoms with Crippen LogP contribution in [0.15, 0.2) is 31.0 Å². The summed E-state index contributed by atoms with van der Waals surface area (Å²) in [5.74, 6) is 1.56. The maximum atomic E-state index is 4.37. The van der Waals surface area contributed by atoms with Gasteiger partial charge in [-0.05, 0) is 25.5 Å². The van der Waals surface area contributed by atoms with E-state index in [4.69, 9.17) is 0 Å². The van der Waals surface area contributed by atoms with Crippen LogP contribution in [0.2, 0.25) is 0 Å². The fourth-order valence-corrected chi connectivity index (χ4v) is 2.58. The van der Waals surface area contributed by atoms with Crippen LogP contribution in [0.4, 0.5) is 0 Å². The van der Waals surface area contributed by atoms with Crippen LogP contribution in [-0.2, 0) is 6.54 Å². The summed E-state index contributed by atoms with van der Waals surface area (Å²) in [6, 6.07) is 2.03. The molecule has 3 rings (SSSR count). The van der Waals surface area contributed by atoms with Crippen molar-refractivity contribution in [2.75, 3.05) is 13.1 Å². The van der Waals surface area contributed by atoms with Gasteiger partial charge in [0, 0.05) is 36.7 Å². The molecule has 5 nitrogen and oxygen atoms in total. The van der Waals surface area contributed by atoms with E-state index in [1.54, 1.807) is 12.5 Å². The Morgan fingerprint density at radius 2 is 2.33 bits per heavy atom. The van der Waals surface area contributed by atoms with Crippen molar-refractivity contribution in [1.29, 1.82) is 0 Å². The van der Waals surface area contributed by atoms with Crippen molar-refractivity contribution < 1.29 is 0 Å². The average molecular weight is 243 g/mol. The van der Waals surface area contributed by atoms with E-state index in [1.165, 1.54) is 12.8 Å². The molecule has 1 N–H and O–H groups in total. The van der Waals surface area contributed by atoms with E-state index < -0.39 is 0 Å². The average Bonchev–Trinajstić information content (AvgIpc) is 2.93. The molecular formula is C13H17N5. The summed E-state index contributed by atoms with van der Waals surface area (Å²) >= 11 is 0. The van der Waals surface area contributed by atoms with Crippen molar-refractivity contribution in [1.82, 2.24) is 24.8 Å². The molecule has 94 valence electrons. The lowest BCUT2D eigenvalue weighted by atomic mass is 9.94. The molecule has 0 spiro atoms. The SMILES string of the molecule is c1cc([C@H]2CCCN(Cc3ncc[nH]3)C2)ncn1. The van der Waals surface area contributed by atoms with Crippen molar-refractivity contribution in [3.8, 4) is 0 Å². The summed E-state index contributed by atoms with van der Waals surface area (Å²) < 4.78 is 0. The fraction of sp³-hybridized carbons (Fsp3) is 0.462. The van der Waals surface area contributed by atoms with Crippen LogP contribution in [0.3, 0.4) is 0 Å². The van der Waals surface area contributed by atoms with E-state index in [1.807, 2.05) is 18.5 Å². The standard InChI is InChI=1S/C13H17N5/c1-2-11(12-3-4-14-10-17-12)8-18(7-1)9-13-15-5-6-16-13/h3-6,10-11H,1-2,7-9H2,(H,15,16)/t11-/m0/s1. The summed E-state index contributed by atoms with van der Waals surface area (Å²) in [7, 11) is 0. The van der Waals surface area contributed by atoms with Gasteiger partial charge >= 0.3 is 0 Å². The molecular weight excluding hydrogens is 226 g/mol. The van der Waals surface area contributed by atoms with Crippen LogP contribution in [0, 0.1) is 0 Å². The Bertz CT molecular complexity index is 467. The first-order valence-electron chi connectivity index (χ1n) is 6.38. The molecule has 0 aliphatic carbocycles. The largest absolute Gasteiger partial charge is 0.348 e. The normalized spacial score (nSPS) is 21.0. The molecule has 18 heavy (non-hydrogen) atoms. The highest BCUT2D eigenvalue weighted by Crippen LogP contribution is 2.25. The lowest BCUT2D eigenvalue weighted by molar-refractivity contribution is 0.194. The third-order valence-electron chi connectivity index (χ3n) is 3.46. The number of nitrogens with one attached hydrogen (secondary N) is 1. The Labute approximate surface area is 106 Å². The summed E-state index contributed by atoms with van der Waals surface area (Å²) in [6.07, 6.45) is 9.58. The number of hydrogen-bond acceptors (Lipinski definition) is 4. The minimum absolute atomic E-state index is 0.525. The van der Waals surface area contributed by atoms with E-state index in [9.17, 15) is 0 Å². The summed E-state index contributed by atoms with van der Waals surface area (Å²) in [5.41, 5.74) is 1.16. The van der Waals surface area contributed by atoms with Gasteiger partial charge in [-0.15, -0.1) is 0 Å². The second-order valence-corrected chi connectivity index (χ2v) is 4.74. The molecule has 1 aliphatic heterocycles. The second-order valence-electron chi connectivity index (χ2n) is 4.74. The van der Waals surface area contributed by atoms with Crippen LogP contribution in [0.1, 0.15) is 30.3 Å². The molecule has 0 amide bonds. The van der Waals surface area contributed by atoms with E-state index >= 15 is 0 Å². The van der Waals surface area contributed by atoms with Gasteiger partial charge in [0.25, 0.3) is 0 Å². The first-order valence-corrected chi connectivity index (χ1v) is 6.38. The van der Waals surface area contributed by atoms with Gasteiger partial charge in [0.2, 0.25) is 0 Å². The van der Waals surface area contributed by atoms with Crippen molar-refractivity contribution in [3.63, 3.8) is 0 Å². The first kappa shape index (κ1) is 11.3. The molecule has 0 aromatic carbocycles. The molecule has 1 atom stereocenters. The molecule has 3 heterocycles. The van der Waals surface area contributed by atoms with Crippen molar-refractivity contribution >= 4 is 0 Å². The summed E-state index contributed by atoms with van der Waals surface area (Å²) in [4.78, 5) is 18.2. The number of H-pyrrole nitrogens is 1. The number of rotatable bonds is 3. The molecule has 0 radical (unpaired) electrons. The number of aromatic nitrogens is 4. The zero-order chi connectivity index (χ0) is 12.2. The van der Waals surface area contributed by atoms with Crippen LogP contribution >= 0.6 is 0 Å². The van der Waals surface area contributed by atoms with Gasteiger partial charge in [-0.2, -0.15) is 0 Å². The molecule has 0 unspecified atom stereocenters. The number of aromatic amines is 1. The molecule has 2 aromatic rings. The molecule has 1 saturated heterocycles. The highest BCUT2D eigenvalue weighted by atomic mass is 15.2. The fourth-order valence-electron chi connectivity index (χ4n) is 2.58. The molecule has 1 aliphatic rings. The Kier molecular flexibility index (Phi) is 3.32. The Balaban J connectivity index is 1.65. The van der Waals surface area contributed by atoms with Crippen LogP contribution < -0.4 is 0 Å². The van der Waals surface area contributed by atoms with Gasteiger partial charge in [0.15, 0.2) is 0 Å². The molecule has 2 aromatic heterocycles. The minimum atomic E-state index is 0.525. The van der Waals surface area contributed by atoms with Crippen LogP contribution in [0.5, 0.6) is 0 Å². The number of nitrogens with zero attached hydrogens (tertiary/aromatic N) is 4. The Morgan fingerprint density at radius 1 is 1.33 bits per heavy atom. The molecule has 5 heteroatoms. The van der Waals surface area contributed by atoms with E-state index in [0.717, 1.165) is 31.2 Å². The minimum Gasteiger partial charge on any atom is -0.348 e. The van der Waals surface area contributed by atoms with Gasteiger partial charge < -0.3 is 4.98 Å². The smallest absolute Gasteiger partial charge is 0.120 e. The third-order valence-corrected chi connectivity index (χ3v) is 3.46. The number of hydrogen-bond donors (Lipinski definition) is 1. The van der Waals surface area contributed by atoms with E-state index in [-0.39, 0.29) is 0 Å². The van der Waals surface area contributed by atoms with E-state index in [2.05, 4.69) is 24.8 Å². The highest BCUT2D eigenvalue weighted by Gasteiger charge is 2.22. The predicted octanol–water partition coefficient (Wildman–Crippen LogP) is 1.58. The number of imidazole rings is 1. The third kappa shape index (κ3) is 2.56. The zero-order valence-corrected chi connectivity index (χ0v) is 10.3. The highest BCUT2D eigenvalue weighted by molar-refractivity contribution is 5.07. The molecule has 1 fully saturated rings. The summed E-state index contributed by atoms with van der Waals surface area (Å²) in [5, 5.41) is 0. The summed E-state index contributed by atoms with van der Waals surface area (Å²) in [6.45, 7) is 3.09. The van der Waals surface area contributed by atoms with Crippen LogP contribution in [-0.4, -0.2) is 37.9 Å². The van der Waals surface area contributed by atoms with Gasteiger partial charge in [0.1, 0.15) is 12.2 Å². The van der Waals surface area contributed by atoms with Crippen LogP contribution in [0.25, 0.3) is 0 Å².